The molecule has 2 heterocycles. The largest absolute Gasteiger partial charge is 0.312 e. The summed E-state index contributed by atoms with van der Waals surface area (Å²) in [7, 11) is 3.95. The molecule has 2 aromatic heterocycles. The highest BCUT2D eigenvalue weighted by atomic mass is 32.1. The van der Waals surface area contributed by atoms with Crippen LogP contribution >= 0.6 is 11.3 Å². The molecular formula is C15H22N4S. The van der Waals surface area contributed by atoms with E-state index in [0.717, 1.165) is 12.1 Å². The summed E-state index contributed by atoms with van der Waals surface area (Å²) >= 11 is 1.99. The Morgan fingerprint density at radius 1 is 1.35 bits per heavy atom. The van der Waals surface area contributed by atoms with Crippen molar-refractivity contribution in [1.29, 1.82) is 0 Å². The summed E-state index contributed by atoms with van der Waals surface area (Å²) in [6.45, 7) is 0. The number of thiophene rings is 1. The van der Waals surface area contributed by atoms with E-state index in [1.807, 2.05) is 31.6 Å². The minimum absolute atomic E-state index is 0.351. The zero-order chi connectivity index (χ0) is 13.9. The van der Waals surface area contributed by atoms with Gasteiger partial charge < -0.3 is 5.32 Å². The lowest BCUT2D eigenvalue weighted by molar-refractivity contribution is 0.592. The monoisotopic (exact) mass is 290 g/mol. The van der Waals surface area contributed by atoms with Crippen LogP contribution in [0, 0.1) is 0 Å². The molecule has 1 aliphatic rings. The van der Waals surface area contributed by atoms with E-state index in [1.165, 1.54) is 37.0 Å². The first-order valence-electron chi connectivity index (χ1n) is 7.40. The van der Waals surface area contributed by atoms with Crippen LogP contribution in [0.3, 0.4) is 0 Å². The first-order chi connectivity index (χ1) is 9.76. The van der Waals surface area contributed by atoms with Crippen molar-refractivity contribution in [2.45, 2.75) is 44.6 Å². The Kier molecular flexibility index (Phi) is 4.17. The van der Waals surface area contributed by atoms with E-state index in [1.54, 1.807) is 15.1 Å². The van der Waals surface area contributed by atoms with Gasteiger partial charge in [-0.2, -0.15) is 0 Å². The third-order valence-electron chi connectivity index (χ3n) is 4.02. The molecule has 0 aromatic carbocycles. The third-order valence-corrected chi connectivity index (χ3v) is 5.37. The number of likely N-dealkylation sites (N-methyl/N-ethyl adjacent to an activating group) is 1. The van der Waals surface area contributed by atoms with E-state index in [0.29, 0.717) is 6.04 Å². The molecule has 108 valence electrons. The Bertz CT molecular complexity index is 549. The first-order valence-corrected chi connectivity index (χ1v) is 8.22. The van der Waals surface area contributed by atoms with Crippen LogP contribution < -0.4 is 5.32 Å². The second kappa shape index (κ2) is 6.06. The van der Waals surface area contributed by atoms with Gasteiger partial charge in [0.1, 0.15) is 0 Å². The lowest BCUT2D eigenvalue weighted by Crippen LogP contribution is -2.18. The molecule has 2 aromatic rings. The molecule has 0 spiro atoms. The molecule has 0 bridgehead atoms. The summed E-state index contributed by atoms with van der Waals surface area (Å²) in [6.07, 6.45) is 9.51. The van der Waals surface area contributed by atoms with Crippen molar-refractivity contribution in [2.75, 3.05) is 7.05 Å². The summed E-state index contributed by atoms with van der Waals surface area (Å²) in [5.41, 5.74) is 2.64. The molecule has 3 rings (SSSR count). The fourth-order valence-electron chi connectivity index (χ4n) is 2.91. The highest BCUT2D eigenvalue weighted by Crippen LogP contribution is 2.33. The van der Waals surface area contributed by atoms with Gasteiger partial charge in [-0.3, -0.25) is 4.68 Å². The van der Waals surface area contributed by atoms with Crippen molar-refractivity contribution in [3.05, 3.63) is 33.3 Å². The lowest BCUT2D eigenvalue weighted by atomic mass is 10.1. The molecular weight excluding hydrogens is 268 g/mol. The number of nitrogens with one attached hydrogen (secondary N) is 1. The van der Waals surface area contributed by atoms with Gasteiger partial charge in [0, 0.05) is 35.5 Å². The Balaban J connectivity index is 1.79. The minimum Gasteiger partial charge on any atom is -0.312 e. The number of hydrogen-bond acceptors (Lipinski definition) is 4. The van der Waals surface area contributed by atoms with Gasteiger partial charge in [-0.15, -0.1) is 16.4 Å². The molecule has 0 radical (unpaired) electrons. The van der Waals surface area contributed by atoms with Crippen molar-refractivity contribution in [2.24, 2.45) is 7.05 Å². The second-order valence-electron chi connectivity index (χ2n) is 5.59. The summed E-state index contributed by atoms with van der Waals surface area (Å²) in [5, 5.41) is 11.7. The van der Waals surface area contributed by atoms with Crippen LogP contribution in [0.2, 0.25) is 0 Å². The highest BCUT2D eigenvalue weighted by Gasteiger charge is 2.18. The number of fused-ring (bicyclic) bond motifs is 1. The van der Waals surface area contributed by atoms with Gasteiger partial charge in [-0.05, 0) is 44.4 Å². The van der Waals surface area contributed by atoms with Crippen molar-refractivity contribution < 1.29 is 0 Å². The minimum atomic E-state index is 0.351. The van der Waals surface area contributed by atoms with E-state index in [9.17, 15) is 0 Å². The van der Waals surface area contributed by atoms with Gasteiger partial charge in [-0.1, -0.05) is 11.6 Å². The molecule has 0 fully saturated rings. The van der Waals surface area contributed by atoms with E-state index in [4.69, 9.17) is 0 Å². The van der Waals surface area contributed by atoms with Gasteiger partial charge >= 0.3 is 0 Å². The van der Waals surface area contributed by atoms with Crippen molar-refractivity contribution in [3.8, 4) is 0 Å². The molecule has 5 heteroatoms. The number of hydrogen-bond donors (Lipinski definition) is 1. The number of aryl methyl sites for hydroxylation is 3. The SMILES string of the molecule is CNC(Cc1cn(C)nn1)c1cc2c(s1)CCCCC2. The quantitative estimate of drug-likeness (QED) is 0.880. The summed E-state index contributed by atoms with van der Waals surface area (Å²) in [6, 6.07) is 2.77. The fourth-order valence-corrected chi connectivity index (χ4v) is 4.27. The normalized spacial score (nSPS) is 16.7. The van der Waals surface area contributed by atoms with Crippen molar-refractivity contribution in [3.63, 3.8) is 0 Å². The predicted molar refractivity (Wildman–Crippen MR) is 82.1 cm³/mol. The van der Waals surface area contributed by atoms with E-state index >= 15 is 0 Å². The van der Waals surface area contributed by atoms with Crippen molar-refractivity contribution in [1.82, 2.24) is 20.3 Å². The molecule has 4 nitrogen and oxygen atoms in total. The molecule has 0 aliphatic heterocycles. The van der Waals surface area contributed by atoms with E-state index in [2.05, 4.69) is 21.7 Å². The van der Waals surface area contributed by atoms with Crippen LogP contribution in [0.5, 0.6) is 0 Å². The summed E-state index contributed by atoms with van der Waals surface area (Å²) < 4.78 is 1.77. The van der Waals surface area contributed by atoms with Gasteiger partial charge in [0.2, 0.25) is 0 Å². The molecule has 1 atom stereocenters. The molecule has 0 amide bonds. The maximum absolute atomic E-state index is 4.20. The van der Waals surface area contributed by atoms with Crippen LogP contribution in [0.4, 0.5) is 0 Å². The molecule has 0 saturated heterocycles. The first kappa shape index (κ1) is 13.8. The van der Waals surface area contributed by atoms with Gasteiger partial charge in [-0.25, -0.2) is 0 Å². The predicted octanol–water partition coefficient (Wildman–Crippen LogP) is 2.65. The Hall–Kier alpha value is -1.20. The summed E-state index contributed by atoms with van der Waals surface area (Å²) in [4.78, 5) is 3.06. The fraction of sp³-hybridized carbons (Fsp3) is 0.600. The highest BCUT2D eigenvalue weighted by molar-refractivity contribution is 7.12. The maximum atomic E-state index is 4.20. The Morgan fingerprint density at radius 3 is 2.95 bits per heavy atom. The van der Waals surface area contributed by atoms with Crippen LogP contribution in [0.15, 0.2) is 12.3 Å². The topological polar surface area (TPSA) is 42.7 Å². The van der Waals surface area contributed by atoms with E-state index in [-0.39, 0.29) is 0 Å². The van der Waals surface area contributed by atoms with Gasteiger partial charge in [0.25, 0.3) is 0 Å². The Labute approximate surface area is 124 Å². The van der Waals surface area contributed by atoms with Gasteiger partial charge in [0.15, 0.2) is 0 Å². The van der Waals surface area contributed by atoms with Crippen molar-refractivity contribution >= 4 is 11.3 Å². The zero-order valence-electron chi connectivity index (χ0n) is 12.2. The molecule has 1 N–H and O–H groups in total. The third kappa shape index (κ3) is 2.94. The zero-order valence-corrected chi connectivity index (χ0v) is 13.0. The van der Waals surface area contributed by atoms with Gasteiger partial charge in [0.05, 0.1) is 5.69 Å². The number of rotatable bonds is 4. The average Bonchev–Trinajstić information content (AvgIpc) is 2.97. The van der Waals surface area contributed by atoms with Crippen LogP contribution in [0.25, 0.3) is 0 Å². The van der Waals surface area contributed by atoms with Crippen LogP contribution in [0.1, 0.15) is 46.3 Å². The smallest absolute Gasteiger partial charge is 0.0846 e. The van der Waals surface area contributed by atoms with Crippen LogP contribution in [-0.4, -0.2) is 22.0 Å². The maximum Gasteiger partial charge on any atom is 0.0846 e. The lowest BCUT2D eigenvalue weighted by Gasteiger charge is -2.12. The molecule has 1 aliphatic carbocycles. The average molecular weight is 290 g/mol. The molecule has 20 heavy (non-hydrogen) atoms. The van der Waals surface area contributed by atoms with E-state index < -0.39 is 0 Å². The Morgan fingerprint density at radius 2 is 2.20 bits per heavy atom. The molecule has 0 saturated carbocycles. The summed E-state index contributed by atoms with van der Waals surface area (Å²) in [5.74, 6) is 0. The molecule has 1 unspecified atom stereocenters. The standard InChI is InChI=1S/C15H22N4S/c1-16-13(9-12-10-19(2)18-17-12)15-8-11-6-4-3-5-7-14(11)20-15/h8,10,13,16H,3-7,9H2,1-2H3. The van der Waals surface area contributed by atoms with Crippen LogP contribution in [-0.2, 0) is 26.3 Å². The number of nitrogens with zero attached hydrogens (tertiary/aromatic N) is 3. The second-order valence-corrected chi connectivity index (χ2v) is 6.76. The number of aromatic nitrogens is 3.